The first-order valence-corrected chi connectivity index (χ1v) is 30.5. The largest absolute Gasteiger partial charge is 2.00 e. The predicted octanol–water partition coefficient (Wildman–Crippen LogP) is 14.2. The Bertz CT molecular complexity index is 2850. The second-order valence-electron chi connectivity index (χ2n) is 22.4. The van der Waals surface area contributed by atoms with E-state index < -0.39 is 11.9 Å². The van der Waals surface area contributed by atoms with Crippen molar-refractivity contribution in [2.45, 2.75) is 53.6 Å². The predicted molar refractivity (Wildman–Crippen MR) is 357 cm³/mol. The van der Waals surface area contributed by atoms with Crippen LogP contribution in [-0.2, 0) is 93.5 Å². The number of hydrogen-bond donors (Lipinski definition) is 0. The Morgan fingerprint density at radius 3 is 0.660 bits per heavy atom. The molecule has 8 aromatic rings. The van der Waals surface area contributed by atoms with Crippen LogP contribution in [0.2, 0.25) is 0 Å². The number of benzene rings is 8. The quantitative estimate of drug-likeness (QED) is 0.0886. The molecular weight excluding hydrogens is 1440 g/mol. The van der Waals surface area contributed by atoms with Crippen molar-refractivity contribution in [2.75, 3.05) is 13.2 Å². The van der Waals surface area contributed by atoms with Crippen molar-refractivity contribution in [1.82, 2.24) is 0 Å². The maximum absolute atomic E-state index is 8.89. The van der Waals surface area contributed by atoms with Crippen LogP contribution < -0.4 is 10.2 Å². The number of aliphatic imine (C=N–C) groups is 2. The Balaban J connectivity index is 0.000000226. The summed E-state index contributed by atoms with van der Waals surface area (Å²) in [6, 6.07) is 86.6. The summed E-state index contributed by atoms with van der Waals surface area (Å²) >= 11 is 0. The molecule has 4 aliphatic carbocycles. The van der Waals surface area contributed by atoms with E-state index in [0.717, 1.165) is 50.7 Å². The molecule has 6 aliphatic rings. The molecule has 0 unspecified atom stereocenters. The standard InChI is InChI=1S/2C28H20.2C11H14NO.2C2H4O2.2Co.2Pd/c2*1-5-13-21(14-6-1)25-26(22-15-7-2-8-16-22)28(24-19-11-4-12-20-24)27(25)23-17-9-3-10-18-23;2*1-8(2)10-7-13-11(12-10)9-5-3-4-6-9;2*1-2(3)4;;;;/h2*1-20H;2*3-6,8,10H,7H2,1-2H3;2*1H3,(H,3,4);;;;/q;;2*-1;;;;;2*+2/p-2/t;;2*10-;;;;;;/m..11....../s1. The van der Waals surface area contributed by atoms with Crippen LogP contribution in [0.1, 0.15) is 86.1 Å². The van der Waals surface area contributed by atoms with Crippen LogP contribution in [0.3, 0.4) is 0 Å². The summed E-state index contributed by atoms with van der Waals surface area (Å²) in [5.74, 6) is 13.4. The molecular formula is C82H74Co2N2O6Pd2. The fourth-order valence-corrected chi connectivity index (χ4v) is 10.8. The fraction of sp³-hybridized carbons (Fsp3) is 0.146. The smallest absolute Gasteiger partial charge is 0.550 e. The summed E-state index contributed by atoms with van der Waals surface area (Å²) in [5.41, 5.74) is 10.1. The molecule has 4 fully saturated rings. The third kappa shape index (κ3) is 21.5. The van der Waals surface area contributed by atoms with Gasteiger partial charge in [-0.3, -0.25) is 9.98 Å². The molecule has 12 heteroatoms. The minimum absolute atomic E-state index is 0. The molecule has 8 aromatic carbocycles. The molecule has 8 nitrogen and oxygen atoms in total. The zero-order valence-corrected chi connectivity index (χ0v) is 58.3. The third-order valence-electron chi connectivity index (χ3n) is 15.2. The molecule has 0 bridgehead atoms. The number of carboxylic acids is 2. The van der Waals surface area contributed by atoms with Gasteiger partial charge >= 0.3 is 40.8 Å². The molecule has 0 spiro atoms. The van der Waals surface area contributed by atoms with E-state index in [1.165, 1.54) is 91.9 Å². The van der Waals surface area contributed by atoms with Crippen LogP contribution in [-0.4, -0.2) is 49.0 Å². The van der Waals surface area contributed by atoms with Crippen molar-refractivity contribution in [3.63, 3.8) is 0 Å². The molecule has 2 aliphatic heterocycles. The van der Waals surface area contributed by atoms with Gasteiger partial charge in [0.1, 0.15) is 13.2 Å². The molecule has 94 heavy (non-hydrogen) atoms. The van der Waals surface area contributed by atoms with Gasteiger partial charge in [0.2, 0.25) is 0 Å². The first-order chi connectivity index (χ1) is 43.9. The molecule has 486 valence electrons. The summed E-state index contributed by atoms with van der Waals surface area (Å²) in [4.78, 5) is 26.8. The summed E-state index contributed by atoms with van der Waals surface area (Å²) in [5, 5.41) is 17.8. The van der Waals surface area contributed by atoms with Crippen molar-refractivity contribution in [1.29, 1.82) is 0 Å². The van der Waals surface area contributed by atoms with E-state index in [-0.39, 0.29) is 74.4 Å². The number of hydrogen-bond acceptors (Lipinski definition) is 8. The minimum atomic E-state index is -1.08. The average Bonchev–Trinajstić information content (AvgIpc) is 0.885. The topological polar surface area (TPSA) is 123 Å². The summed E-state index contributed by atoms with van der Waals surface area (Å²) in [6.45, 7) is 12.1. The number of ether oxygens (including phenoxy) is 2. The van der Waals surface area contributed by atoms with Gasteiger partial charge in [-0.2, -0.15) is 12.8 Å². The second kappa shape index (κ2) is 40.5. The number of carbonyl (C=O) groups excluding carboxylic acids is 2. The Morgan fingerprint density at radius 2 is 0.532 bits per heavy atom. The first kappa shape index (κ1) is 78.7. The van der Waals surface area contributed by atoms with Crippen molar-refractivity contribution in [3.8, 4) is 0 Å². The Morgan fingerprint density at radius 1 is 0.362 bits per heavy atom. The Labute approximate surface area is 608 Å². The zero-order chi connectivity index (χ0) is 63.2. The zero-order valence-electron chi connectivity index (χ0n) is 53.1. The van der Waals surface area contributed by atoms with E-state index in [1.54, 1.807) is 0 Å². The molecule has 18 radical (unpaired) electrons. The van der Waals surface area contributed by atoms with Gasteiger partial charge in [0.25, 0.3) is 0 Å². The van der Waals surface area contributed by atoms with Gasteiger partial charge in [-0.05, 0) is 70.2 Å². The summed E-state index contributed by atoms with van der Waals surface area (Å²) in [6.07, 6.45) is 16.1. The van der Waals surface area contributed by atoms with Gasteiger partial charge in [0.05, 0.1) is 12.1 Å². The summed E-state index contributed by atoms with van der Waals surface area (Å²) in [7, 11) is 0. The molecule has 0 N–H and O–H groups in total. The van der Waals surface area contributed by atoms with Gasteiger partial charge in [-0.25, -0.2) is 0 Å². The molecule has 0 saturated heterocycles. The van der Waals surface area contributed by atoms with Crippen LogP contribution >= 0.6 is 0 Å². The molecule has 2 heterocycles. The van der Waals surface area contributed by atoms with Crippen LogP contribution in [0.5, 0.6) is 0 Å². The normalized spacial score (nSPS) is 18.2. The molecule has 2 atom stereocenters. The van der Waals surface area contributed by atoms with Crippen LogP contribution in [0.4, 0.5) is 0 Å². The van der Waals surface area contributed by atoms with Gasteiger partial charge in [-0.15, -0.1) is 0 Å². The van der Waals surface area contributed by atoms with Crippen molar-refractivity contribution in [3.05, 3.63) is 398 Å². The van der Waals surface area contributed by atoms with Crippen molar-refractivity contribution < 1.29 is 104 Å². The average molecular weight is 1510 g/mol. The van der Waals surface area contributed by atoms with E-state index in [1.807, 2.05) is 51.4 Å². The molecule has 0 aromatic heterocycles. The fourth-order valence-electron chi connectivity index (χ4n) is 10.8. The van der Waals surface area contributed by atoms with E-state index in [0.29, 0.717) is 23.9 Å². The number of carbonyl (C=O) groups is 2. The SMILES string of the molecule is CC(=O)[O-].CC(=O)[O-].CC(C)[C@H]1COC([C]2[CH][CH][CH][CH-]2)=N1.CC(C)[C@H]1COC([C]2[CH][CH][CH][CH-]2)=N1.[Co].[Co].[Pd+2].[Pd+2].c1ccc([C]2[C](c3ccccc3)[C](c3ccccc3)[C]2c2ccccc2)cc1.c1ccc([C]2[C](c3ccccc3)[C](c3ccccc3)[C]2c2ccccc2)cc1. The molecule has 4 saturated carbocycles. The number of aliphatic carboxylic acids is 2. The molecule has 0 amide bonds. The van der Waals surface area contributed by atoms with Gasteiger partial charge in [-0.1, -0.05) is 308 Å². The second-order valence-corrected chi connectivity index (χ2v) is 22.4. The van der Waals surface area contributed by atoms with Crippen LogP contribution in [0.15, 0.2) is 253 Å². The Kier molecular flexibility index (Phi) is 33.9. The first-order valence-electron chi connectivity index (χ1n) is 30.5. The monoisotopic (exact) mass is 1510 g/mol. The number of carboxylic acid groups (broad SMARTS) is 2. The minimum Gasteiger partial charge on any atom is -0.550 e. The molecule has 14 rings (SSSR count). The maximum Gasteiger partial charge on any atom is 2.00 e. The van der Waals surface area contributed by atoms with E-state index in [2.05, 4.69) is 280 Å². The van der Waals surface area contributed by atoms with Crippen molar-refractivity contribution in [2.24, 2.45) is 21.8 Å². The van der Waals surface area contributed by atoms with Gasteiger partial charge < -0.3 is 42.1 Å². The maximum atomic E-state index is 8.89. The summed E-state index contributed by atoms with van der Waals surface area (Å²) < 4.78 is 11.0. The van der Waals surface area contributed by atoms with Crippen LogP contribution in [0, 0.1) is 122 Å². The number of nitrogens with zero attached hydrogens (tertiary/aromatic N) is 2. The Hall–Kier alpha value is -6.02. The van der Waals surface area contributed by atoms with Crippen molar-refractivity contribution >= 4 is 23.7 Å². The third-order valence-corrected chi connectivity index (χ3v) is 15.2. The van der Waals surface area contributed by atoms with E-state index in [4.69, 9.17) is 29.3 Å². The van der Waals surface area contributed by atoms with E-state index >= 15 is 0 Å². The van der Waals surface area contributed by atoms with Crippen LogP contribution in [0.25, 0.3) is 0 Å². The van der Waals surface area contributed by atoms with Gasteiger partial charge in [0, 0.05) is 92.8 Å². The van der Waals surface area contributed by atoms with Gasteiger partial charge in [0.15, 0.2) is 11.8 Å². The number of rotatable bonds is 12. The van der Waals surface area contributed by atoms with E-state index in [9.17, 15) is 0 Å².